The number of carboxylic acid groups (broad SMARTS) is 1. The first-order valence-electron chi connectivity index (χ1n) is 9.57. The van der Waals surface area contributed by atoms with Crippen molar-refractivity contribution in [1.29, 1.82) is 0 Å². The molecule has 1 amide bonds. The molecule has 6 heteroatoms. The number of benzene rings is 1. The minimum absolute atomic E-state index is 0.239. The van der Waals surface area contributed by atoms with E-state index in [0.29, 0.717) is 35.9 Å². The average Bonchev–Trinajstić information content (AvgIpc) is 2.97. The Morgan fingerprint density at radius 3 is 2.42 bits per heavy atom. The number of hydrazine groups is 1. The van der Waals surface area contributed by atoms with Gasteiger partial charge < -0.3 is 10.0 Å². The van der Waals surface area contributed by atoms with Gasteiger partial charge in [0.05, 0.1) is 5.56 Å². The van der Waals surface area contributed by atoms with Crippen LogP contribution in [0.3, 0.4) is 0 Å². The molecular weight excluding hydrogens is 330 g/mol. The molecule has 6 nitrogen and oxygen atoms in total. The number of nitrogens with zero attached hydrogens (tertiary/aromatic N) is 1. The number of carboxylic acids is 1. The number of hydrogen-bond donors (Lipinski definition) is 3. The Hall–Kier alpha value is -1.92. The highest BCUT2D eigenvalue weighted by Gasteiger charge is 2.31. The topological polar surface area (TPSA) is 81.7 Å². The van der Waals surface area contributed by atoms with Gasteiger partial charge in [0.1, 0.15) is 0 Å². The Kier molecular flexibility index (Phi) is 5.94. The highest BCUT2D eigenvalue weighted by atomic mass is 16.4. The lowest BCUT2D eigenvalue weighted by Gasteiger charge is -2.33. The number of nitrogens with one attached hydrogen (secondary N) is 2. The molecule has 3 N–H and O–H groups in total. The molecule has 0 spiro atoms. The van der Waals surface area contributed by atoms with Gasteiger partial charge in [0.15, 0.2) is 0 Å². The summed E-state index contributed by atoms with van der Waals surface area (Å²) in [6.07, 6.45) is 3.53. The van der Waals surface area contributed by atoms with Gasteiger partial charge in [-0.05, 0) is 56.7 Å². The fourth-order valence-corrected chi connectivity index (χ4v) is 4.23. The number of hydrogen-bond acceptors (Lipinski definition) is 4. The smallest absolute Gasteiger partial charge is 0.335 e. The van der Waals surface area contributed by atoms with Crippen LogP contribution >= 0.6 is 0 Å². The maximum Gasteiger partial charge on any atom is 0.335 e. The van der Waals surface area contributed by atoms with Crippen LogP contribution in [0.15, 0.2) is 24.3 Å². The lowest BCUT2D eigenvalue weighted by atomic mass is 9.89. The third kappa shape index (κ3) is 4.24. The molecule has 0 aromatic heterocycles. The van der Waals surface area contributed by atoms with Gasteiger partial charge in [0.25, 0.3) is 0 Å². The molecule has 3 atom stereocenters. The summed E-state index contributed by atoms with van der Waals surface area (Å²) in [4.78, 5) is 25.7. The first-order chi connectivity index (χ1) is 12.5. The molecule has 0 aliphatic carbocycles. The van der Waals surface area contributed by atoms with E-state index in [2.05, 4.69) is 24.7 Å². The molecule has 2 aliphatic rings. The van der Waals surface area contributed by atoms with Crippen molar-refractivity contribution in [3.8, 4) is 0 Å². The van der Waals surface area contributed by atoms with E-state index in [1.807, 2.05) is 17.0 Å². The van der Waals surface area contributed by atoms with Gasteiger partial charge in [-0.2, -0.15) is 0 Å². The minimum Gasteiger partial charge on any atom is -0.478 e. The van der Waals surface area contributed by atoms with Crippen LogP contribution in [-0.2, 0) is 4.79 Å². The Morgan fingerprint density at radius 1 is 1.15 bits per heavy atom. The van der Waals surface area contributed by atoms with Gasteiger partial charge in [-0.1, -0.05) is 12.1 Å². The first-order valence-corrected chi connectivity index (χ1v) is 9.57. The Labute approximate surface area is 154 Å². The normalized spacial score (nSPS) is 28.9. The van der Waals surface area contributed by atoms with Crippen molar-refractivity contribution >= 4 is 11.9 Å². The number of carbonyl (C=O) groups excluding carboxylic acids is 1. The Bertz CT molecular complexity index is 636. The lowest BCUT2D eigenvalue weighted by molar-refractivity contribution is -0.132. The first kappa shape index (κ1) is 18.9. The average molecular weight is 359 g/mol. The van der Waals surface area contributed by atoms with Gasteiger partial charge in [0.2, 0.25) is 5.91 Å². The minimum atomic E-state index is -0.906. The third-order valence-electron chi connectivity index (χ3n) is 5.92. The largest absolute Gasteiger partial charge is 0.478 e. The number of piperidine rings is 1. The van der Waals surface area contributed by atoms with Crippen molar-refractivity contribution in [3.63, 3.8) is 0 Å². The number of aromatic carboxylic acids is 1. The lowest BCUT2D eigenvalue weighted by Crippen LogP contribution is -2.39. The van der Waals surface area contributed by atoms with Gasteiger partial charge >= 0.3 is 5.97 Å². The molecule has 1 aromatic rings. The van der Waals surface area contributed by atoms with Crippen molar-refractivity contribution < 1.29 is 14.7 Å². The van der Waals surface area contributed by atoms with E-state index in [0.717, 1.165) is 37.9 Å². The maximum atomic E-state index is 12.7. The van der Waals surface area contributed by atoms with Crippen molar-refractivity contribution in [2.75, 3.05) is 13.1 Å². The fourth-order valence-electron chi connectivity index (χ4n) is 4.23. The van der Waals surface area contributed by atoms with Crippen molar-refractivity contribution in [1.82, 2.24) is 15.8 Å². The summed E-state index contributed by atoms with van der Waals surface area (Å²) in [5, 5.41) is 9.03. The second-order valence-electron chi connectivity index (χ2n) is 7.67. The maximum absolute atomic E-state index is 12.7. The molecule has 2 saturated heterocycles. The summed E-state index contributed by atoms with van der Waals surface area (Å²) in [6, 6.07) is 7.87. The van der Waals surface area contributed by atoms with Crippen LogP contribution in [0.2, 0.25) is 0 Å². The molecule has 3 rings (SSSR count). The highest BCUT2D eigenvalue weighted by Crippen LogP contribution is 2.28. The second-order valence-corrected chi connectivity index (χ2v) is 7.67. The summed E-state index contributed by atoms with van der Waals surface area (Å²) in [6.45, 7) is 5.87. The zero-order valence-electron chi connectivity index (χ0n) is 15.6. The van der Waals surface area contributed by atoms with Gasteiger partial charge in [0, 0.05) is 37.5 Å². The summed E-state index contributed by atoms with van der Waals surface area (Å²) >= 11 is 0. The molecule has 1 aromatic carbocycles. The fraction of sp³-hybridized carbons (Fsp3) is 0.600. The van der Waals surface area contributed by atoms with Crippen LogP contribution in [0.1, 0.15) is 61.4 Å². The van der Waals surface area contributed by atoms with Crippen molar-refractivity contribution in [2.45, 2.75) is 57.5 Å². The monoisotopic (exact) mass is 359 g/mol. The van der Waals surface area contributed by atoms with E-state index in [1.165, 1.54) is 0 Å². The summed E-state index contributed by atoms with van der Waals surface area (Å²) < 4.78 is 0. The molecule has 2 aliphatic heterocycles. The SMILES string of the molecule is CC1NNC(C)C1CCC(=O)N1CCCC(c2ccc(C(=O)O)cc2)C1. The number of amides is 1. The molecule has 2 heterocycles. The zero-order chi connectivity index (χ0) is 18.7. The Balaban J connectivity index is 1.55. The Morgan fingerprint density at radius 2 is 1.81 bits per heavy atom. The van der Waals surface area contributed by atoms with Crippen LogP contribution in [0.5, 0.6) is 0 Å². The van der Waals surface area contributed by atoms with E-state index in [9.17, 15) is 9.59 Å². The van der Waals surface area contributed by atoms with Crippen LogP contribution in [-0.4, -0.2) is 47.1 Å². The number of likely N-dealkylation sites (tertiary alicyclic amines) is 1. The van der Waals surface area contributed by atoms with E-state index < -0.39 is 5.97 Å². The van der Waals surface area contributed by atoms with E-state index in [4.69, 9.17) is 5.11 Å². The summed E-state index contributed by atoms with van der Waals surface area (Å²) in [5.74, 6) is 0.103. The van der Waals surface area contributed by atoms with Crippen LogP contribution in [0.4, 0.5) is 0 Å². The molecule has 26 heavy (non-hydrogen) atoms. The highest BCUT2D eigenvalue weighted by molar-refractivity contribution is 5.87. The van der Waals surface area contributed by atoms with E-state index in [1.54, 1.807) is 12.1 Å². The van der Waals surface area contributed by atoms with Crippen molar-refractivity contribution in [3.05, 3.63) is 35.4 Å². The number of rotatable bonds is 5. The molecule has 142 valence electrons. The molecule has 2 fully saturated rings. The quantitative estimate of drug-likeness (QED) is 0.752. The van der Waals surface area contributed by atoms with E-state index in [-0.39, 0.29) is 5.91 Å². The van der Waals surface area contributed by atoms with Gasteiger partial charge in [-0.25, -0.2) is 4.79 Å². The van der Waals surface area contributed by atoms with Gasteiger partial charge in [-0.3, -0.25) is 15.6 Å². The molecular formula is C20H29N3O3. The van der Waals surface area contributed by atoms with Crippen LogP contribution < -0.4 is 10.9 Å². The summed E-state index contributed by atoms with van der Waals surface area (Å²) in [7, 11) is 0. The van der Waals surface area contributed by atoms with Crippen LogP contribution in [0, 0.1) is 5.92 Å². The second kappa shape index (κ2) is 8.18. The van der Waals surface area contributed by atoms with Crippen molar-refractivity contribution in [2.24, 2.45) is 5.92 Å². The predicted octanol–water partition coefficient (Wildman–Crippen LogP) is 2.37. The predicted molar refractivity (Wildman–Crippen MR) is 99.9 cm³/mol. The standard InChI is InChI=1S/C20H29N3O3/c1-13-18(14(2)22-21-13)9-10-19(24)23-11-3-4-17(12-23)15-5-7-16(8-6-15)20(25)26/h5-8,13-14,17-18,21-22H,3-4,9-12H2,1-2H3,(H,25,26). The molecule has 3 unspecified atom stereocenters. The molecule has 0 radical (unpaired) electrons. The van der Waals surface area contributed by atoms with Crippen LogP contribution in [0.25, 0.3) is 0 Å². The third-order valence-corrected chi connectivity index (χ3v) is 5.92. The zero-order valence-corrected chi connectivity index (χ0v) is 15.6. The molecule has 0 bridgehead atoms. The van der Waals surface area contributed by atoms with Gasteiger partial charge in [-0.15, -0.1) is 0 Å². The molecule has 0 saturated carbocycles. The van der Waals surface area contributed by atoms with E-state index >= 15 is 0 Å². The summed E-state index contributed by atoms with van der Waals surface area (Å²) in [5.41, 5.74) is 7.92. The number of carbonyl (C=O) groups is 2.